The predicted octanol–water partition coefficient (Wildman–Crippen LogP) is 5.21. The molecule has 1 saturated heterocycles. The van der Waals surface area contributed by atoms with Gasteiger partial charge in [0, 0.05) is 19.5 Å². The van der Waals surface area contributed by atoms with Gasteiger partial charge in [-0.25, -0.2) is 8.78 Å². The monoisotopic (exact) mass is 468 g/mol. The summed E-state index contributed by atoms with van der Waals surface area (Å²) < 4.78 is 31.8. The Kier molecular flexibility index (Phi) is 9.08. The summed E-state index contributed by atoms with van der Waals surface area (Å²) in [5, 5.41) is 3.87. The molecule has 0 saturated carbocycles. The van der Waals surface area contributed by atoms with Gasteiger partial charge >= 0.3 is 0 Å². The number of likely N-dealkylation sites (tertiary alicyclic amines) is 1. The van der Waals surface area contributed by atoms with Crippen LogP contribution in [-0.4, -0.2) is 33.5 Å². The van der Waals surface area contributed by atoms with Crippen LogP contribution >= 0.6 is 0 Å². The highest BCUT2D eigenvalue weighted by atomic mass is 19.1. The standard InChI is InChI=1S/C15H14FN3O2.C11H16FN/c1-10(20)19-8-4-7-13(19)15-17-14(18-21-15)11-5-2-3-6-12(16)9-11;1-2-10(13)8-7-9-5-3-4-6-11(9)12/h2-3,6,9,13H,4,7-8H2,1H3;3-6,10H,2,7-8,13H2,1H3. The van der Waals surface area contributed by atoms with E-state index in [1.807, 2.05) is 19.1 Å². The summed E-state index contributed by atoms with van der Waals surface area (Å²) in [5.41, 5.74) is 9.82. The molecule has 2 aromatic rings. The Balaban J connectivity index is 0.000000215. The minimum absolute atomic E-state index is 0.0130. The Hall–Kier alpha value is -3.35. The second kappa shape index (κ2) is 12.2. The first-order chi connectivity index (χ1) is 16.4. The molecular formula is C26H30F2N4O2. The lowest BCUT2D eigenvalue weighted by Crippen LogP contribution is -2.28. The van der Waals surface area contributed by atoms with Crippen molar-refractivity contribution in [3.05, 3.63) is 83.2 Å². The number of nitrogens with zero attached hydrogens (tertiary/aromatic N) is 3. The summed E-state index contributed by atoms with van der Waals surface area (Å²) in [5.74, 6) is 0.129. The van der Waals surface area contributed by atoms with E-state index < -0.39 is 5.83 Å². The first-order valence-corrected chi connectivity index (χ1v) is 11.5. The summed E-state index contributed by atoms with van der Waals surface area (Å²) in [6, 6.07) is 6.88. The van der Waals surface area contributed by atoms with Gasteiger partial charge in [-0.05, 0) is 62.0 Å². The third-order valence-electron chi connectivity index (χ3n) is 5.76. The number of carbonyl (C=O) groups excluding carboxylic acids is 1. The maximum atomic E-state index is 13.4. The van der Waals surface area contributed by atoms with E-state index >= 15 is 0 Å². The van der Waals surface area contributed by atoms with Crippen molar-refractivity contribution in [2.24, 2.45) is 5.73 Å². The van der Waals surface area contributed by atoms with Crippen molar-refractivity contribution in [1.29, 1.82) is 0 Å². The smallest absolute Gasteiger partial charge is 0.249 e. The minimum Gasteiger partial charge on any atom is -0.337 e. The predicted molar refractivity (Wildman–Crippen MR) is 126 cm³/mol. The van der Waals surface area contributed by atoms with Crippen LogP contribution in [0.25, 0.3) is 5.57 Å². The molecule has 6 nitrogen and oxygen atoms in total. The van der Waals surface area contributed by atoms with Crippen LogP contribution in [0, 0.1) is 5.82 Å². The summed E-state index contributed by atoms with van der Waals surface area (Å²) >= 11 is 0. The number of aryl methyl sites for hydroxylation is 1. The van der Waals surface area contributed by atoms with Crippen LogP contribution in [0.4, 0.5) is 8.78 Å². The van der Waals surface area contributed by atoms with E-state index in [1.54, 1.807) is 23.1 Å². The fourth-order valence-corrected chi connectivity index (χ4v) is 3.76. The summed E-state index contributed by atoms with van der Waals surface area (Å²) in [7, 11) is 0. The van der Waals surface area contributed by atoms with Gasteiger partial charge < -0.3 is 15.2 Å². The molecule has 8 heteroatoms. The molecule has 1 fully saturated rings. The molecular weight excluding hydrogens is 438 g/mol. The van der Waals surface area contributed by atoms with Crippen molar-refractivity contribution in [3.63, 3.8) is 0 Å². The van der Waals surface area contributed by atoms with Crippen LogP contribution in [0.1, 0.15) is 62.9 Å². The summed E-state index contributed by atoms with van der Waals surface area (Å²) in [6.07, 6.45) is 10.0. The van der Waals surface area contributed by atoms with E-state index in [4.69, 9.17) is 10.3 Å². The van der Waals surface area contributed by atoms with Gasteiger partial charge in [0.1, 0.15) is 17.7 Å². The molecule has 2 heterocycles. The quantitative estimate of drug-likeness (QED) is 0.588. The van der Waals surface area contributed by atoms with Gasteiger partial charge in [-0.3, -0.25) is 4.79 Å². The average molecular weight is 469 g/mol. The van der Waals surface area contributed by atoms with E-state index in [0.29, 0.717) is 18.0 Å². The number of aromatic nitrogens is 2. The van der Waals surface area contributed by atoms with Crippen LogP contribution < -0.4 is 5.73 Å². The second-order valence-electron chi connectivity index (χ2n) is 8.24. The zero-order valence-corrected chi connectivity index (χ0v) is 19.5. The van der Waals surface area contributed by atoms with Crippen molar-refractivity contribution in [2.45, 2.75) is 58.0 Å². The van der Waals surface area contributed by atoms with Crippen molar-refractivity contribution in [1.82, 2.24) is 15.0 Å². The van der Waals surface area contributed by atoms with Gasteiger partial charge in [0.05, 0.1) is 5.57 Å². The fourth-order valence-electron chi connectivity index (χ4n) is 3.76. The molecule has 1 aliphatic heterocycles. The first-order valence-electron chi connectivity index (χ1n) is 11.5. The number of amides is 1. The molecule has 2 N–H and O–H groups in total. The van der Waals surface area contributed by atoms with Gasteiger partial charge in [0.15, 0.2) is 0 Å². The number of benzene rings is 1. The molecule has 2 atom stereocenters. The highest BCUT2D eigenvalue weighted by Crippen LogP contribution is 2.31. The molecule has 1 amide bonds. The molecule has 1 aromatic heterocycles. The van der Waals surface area contributed by atoms with Crippen molar-refractivity contribution in [3.8, 4) is 0 Å². The maximum Gasteiger partial charge on any atom is 0.249 e. The molecule has 1 aliphatic carbocycles. The second-order valence-corrected chi connectivity index (χ2v) is 8.24. The van der Waals surface area contributed by atoms with E-state index in [1.165, 1.54) is 25.1 Å². The fraction of sp³-hybridized carbons (Fsp3) is 0.385. The number of allylic oxidation sites excluding steroid dienone is 5. The molecule has 2 aliphatic rings. The zero-order chi connectivity index (χ0) is 24.5. The Morgan fingerprint density at radius 1 is 1.35 bits per heavy atom. The summed E-state index contributed by atoms with van der Waals surface area (Å²) in [4.78, 5) is 17.6. The maximum absolute atomic E-state index is 13.4. The number of halogens is 2. The molecule has 34 heavy (non-hydrogen) atoms. The third kappa shape index (κ3) is 6.83. The minimum atomic E-state index is -0.399. The molecule has 4 rings (SSSR count). The van der Waals surface area contributed by atoms with Crippen LogP contribution in [0.5, 0.6) is 0 Å². The van der Waals surface area contributed by atoms with Crippen molar-refractivity contribution < 1.29 is 18.1 Å². The number of hydrogen-bond donors (Lipinski definition) is 1. The highest BCUT2D eigenvalue weighted by Gasteiger charge is 2.32. The lowest BCUT2D eigenvalue weighted by molar-refractivity contribution is -0.130. The van der Waals surface area contributed by atoms with E-state index in [-0.39, 0.29) is 29.6 Å². The lowest BCUT2D eigenvalue weighted by atomic mass is 10.0. The summed E-state index contributed by atoms with van der Waals surface area (Å²) in [6.45, 7) is 4.26. The first kappa shape index (κ1) is 25.3. The Morgan fingerprint density at radius 2 is 2.15 bits per heavy atom. The van der Waals surface area contributed by atoms with Gasteiger partial charge in [-0.1, -0.05) is 36.4 Å². The van der Waals surface area contributed by atoms with Gasteiger partial charge in [0.2, 0.25) is 17.6 Å². The zero-order valence-electron chi connectivity index (χ0n) is 19.5. The molecule has 180 valence electrons. The van der Waals surface area contributed by atoms with Gasteiger partial charge in [-0.15, -0.1) is 5.73 Å². The van der Waals surface area contributed by atoms with E-state index in [2.05, 4.69) is 15.9 Å². The van der Waals surface area contributed by atoms with Gasteiger partial charge in [0.25, 0.3) is 0 Å². The van der Waals surface area contributed by atoms with Crippen molar-refractivity contribution in [2.75, 3.05) is 6.54 Å². The normalized spacial score (nSPS) is 18.0. The Bertz CT molecular complexity index is 1120. The largest absolute Gasteiger partial charge is 0.337 e. The number of hydrogen-bond acceptors (Lipinski definition) is 5. The topological polar surface area (TPSA) is 85.2 Å². The van der Waals surface area contributed by atoms with Crippen LogP contribution in [0.3, 0.4) is 0 Å². The Morgan fingerprint density at radius 3 is 2.88 bits per heavy atom. The van der Waals surface area contributed by atoms with E-state index in [0.717, 1.165) is 37.7 Å². The van der Waals surface area contributed by atoms with Crippen molar-refractivity contribution >= 4 is 11.5 Å². The molecule has 0 radical (unpaired) electrons. The molecule has 0 spiro atoms. The average Bonchev–Trinajstić information content (AvgIpc) is 3.46. The number of carbonyl (C=O) groups is 1. The number of nitrogens with two attached hydrogens (primary N) is 1. The van der Waals surface area contributed by atoms with E-state index in [9.17, 15) is 13.6 Å². The van der Waals surface area contributed by atoms with Gasteiger partial charge in [-0.2, -0.15) is 4.98 Å². The third-order valence-corrected chi connectivity index (χ3v) is 5.76. The SMILES string of the molecule is CC(=O)N1CCCC1c1nc(C2=C=CC=CC(F)=C2)no1.CCC(N)CCc1ccccc1F. The lowest BCUT2D eigenvalue weighted by Gasteiger charge is -2.19. The molecule has 2 unspecified atom stereocenters. The van der Waals surface area contributed by atoms with Crippen LogP contribution in [0.15, 0.2) is 64.7 Å². The van der Waals surface area contributed by atoms with Crippen LogP contribution in [-0.2, 0) is 11.2 Å². The Labute approximate surface area is 198 Å². The molecule has 1 aromatic carbocycles. The van der Waals surface area contributed by atoms with Crippen LogP contribution in [0.2, 0.25) is 0 Å². The highest BCUT2D eigenvalue weighted by molar-refractivity contribution is 5.74. The number of rotatable bonds is 6. The molecule has 0 bridgehead atoms.